The largest absolute Gasteiger partial charge is 0.385 e. The molecule has 0 aliphatic rings. The van der Waals surface area contributed by atoms with Crippen molar-refractivity contribution < 1.29 is 9.66 Å². The zero-order valence-corrected chi connectivity index (χ0v) is 12.3. The summed E-state index contributed by atoms with van der Waals surface area (Å²) in [7, 11) is 1.61. The summed E-state index contributed by atoms with van der Waals surface area (Å²) in [6.07, 6.45) is 2.04. The SMILES string of the molecule is COCCCNc1ncnc(NC(C)(C)C)c1[N+](=O)[O-]. The van der Waals surface area contributed by atoms with Gasteiger partial charge in [0.1, 0.15) is 6.33 Å². The topological polar surface area (TPSA) is 102 Å². The first kappa shape index (κ1) is 16.1. The number of nitrogens with one attached hydrogen (secondary N) is 2. The Hall–Kier alpha value is -1.96. The van der Waals surface area contributed by atoms with Gasteiger partial charge < -0.3 is 15.4 Å². The van der Waals surface area contributed by atoms with Gasteiger partial charge in [-0.25, -0.2) is 9.97 Å². The average Bonchev–Trinajstić information content (AvgIpc) is 2.32. The number of hydrogen-bond acceptors (Lipinski definition) is 7. The summed E-state index contributed by atoms with van der Waals surface area (Å²) in [4.78, 5) is 18.7. The molecule has 0 aliphatic heterocycles. The third-order valence-corrected chi connectivity index (χ3v) is 2.32. The molecule has 0 spiro atoms. The summed E-state index contributed by atoms with van der Waals surface area (Å²) in [6.45, 7) is 6.85. The number of methoxy groups -OCH3 is 1. The molecule has 0 saturated carbocycles. The van der Waals surface area contributed by atoms with E-state index >= 15 is 0 Å². The van der Waals surface area contributed by atoms with E-state index in [1.165, 1.54) is 6.33 Å². The van der Waals surface area contributed by atoms with Crippen LogP contribution in [0.1, 0.15) is 27.2 Å². The fourth-order valence-electron chi connectivity index (χ4n) is 1.55. The van der Waals surface area contributed by atoms with E-state index in [1.54, 1.807) is 7.11 Å². The molecule has 1 aromatic heterocycles. The highest BCUT2D eigenvalue weighted by Crippen LogP contribution is 2.30. The summed E-state index contributed by atoms with van der Waals surface area (Å²) in [6, 6.07) is 0. The zero-order chi connectivity index (χ0) is 15.2. The molecule has 112 valence electrons. The second-order valence-corrected chi connectivity index (χ2v) is 5.32. The monoisotopic (exact) mass is 283 g/mol. The Balaban J connectivity index is 2.94. The number of ether oxygens (including phenoxy) is 1. The number of rotatable bonds is 7. The van der Waals surface area contributed by atoms with Crippen LogP contribution < -0.4 is 10.6 Å². The minimum absolute atomic E-state index is 0.139. The number of nitrogens with zero attached hydrogens (tertiary/aromatic N) is 3. The van der Waals surface area contributed by atoms with Gasteiger partial charge in [-0.05, 0) is 27.2 Å². The highest BCUT2D eigenvalue weighted by atomic mass is 16.6. The first-order chi connectivity index (χ1) is 9.35. The molecule has 0 atom stereocenters. The van der Waals surface area contributed by atoms with Crippen LogP contribution in [0.3, 0.4) is 0 Å². The molecule has 2 N–H and O–H groups in total. The lowest BCUT2D eigenvalue weighted by molar-refractivity contribution is -0.383. The van der Waals surface area contributed by atoms with Crippen LogP contribution in [0.5, 0.6) is 0 Å². The van der Waals surface area contributed by atoms with Crippen LogP contribution in [0.4, 0.5) is 17.3 Å². The average molecular weight is 283 g/mol. The van der Waals surface area contributed by atoms with Gasteiger partial charge in [0.05, 0.1) is 4.92 Å². The second kappa shape index (κ2) is 6.99. The van der Waals surface area contributed by atoms with E-state index in [0.29, 0.717) is 13.2 Å². The number of anilines is 2. The number of aromatic nitrogens is 2. The van der Waals surface area contributed by atoms with Crippen LogP contribution in [-0.4, -0.2) is 40.7 Å². The van der Waals surface area contributed by atoms with Crippen LogP contribution in [0.15, 0.2) is 6.33 Å². The Kier molecular flexibility index (Phi) is 5.63. The molecular weight excluding hydrogens is 262 g/mol. The Morgan fingerprint density at radius 1 is 1.35 bits per heavy atom. The smallest absolute Gasteiger partial charge is 0.353 e. The minimum Gasteiger partial charge on any atom is -0.385 e. The van der Waals surface area contributed by atoms with Gasteiger partial charge in [-0.3, -0.25) is 10.1 Å². The molecule has 8 heteroatoms. The molecule has 0 amide bonds. The highest BCUT2D eigenvalue weighted by Gasteiger charge is 2.25. The van der Waals surface area contributed by atoms with Crippen LogP contribution in [0, 0.1) is 10.1 Å². The van der Waals surface area contributed by atoms with E-state index in [-0.39, 0.29) is 22.9 Å². The van der Waals surface area contributed by atoms with E-state index in [9.17, 15) is 10.1 Å². The lowest BCUT2D eigenvalue weighted by atomic mass is 10.1. The quantitative estimate of drug-likeness (QED) is 0.448. The predicted molar refractivity (Wildman–Crippen MR) is 77.0 cm³/mol. The Morgan fingerprint density at radius 2 is 2.00 bits per heavy atom. The minimum atomic E-state index is -0.479. The molecular formula is C12H21N5O3. The van der Waals surface area contributed by atoms with Gasteiger partial charge in [-0.2, -0.15) is 0 Å². The zero-order valence-electron chi connectivity index (χ0n) is 12.3. The summed E-state index contributed by atoms with van der Waals surface area (Å²) in [5.74, 6) is 0.430. The van der Waals surface area contributed by atoms with Crippen molar-refractivity contribution in [3.63, 3.8) is 0 Å². The number of nitro groups is 1. The van der Waals surface area contributed by atoms with Gasteiger partial charge in [0.25, 0.3) is 0 Å². The lowest BCUT2D eigenvalue weighted by Gasteiger charge is -2.21. The highest BCUT2D eigenvalue weighted by molar-refractivity contribution is 5.69. The summed E-state index contributed by atoms with van der Waals surface area (Å²) in [5, 5.41) is 17.2. The fourth-order valence-corrected chi connectivity index (χ4v) is 1.55. The summed E-state index contributed by atoms with van der Waals surface area (Å²) >= 11 is 0. The Morgan fingerprint density at radius 3 is 2.55 bits per heavy atom. The molecule has 0 aromatic carbocycles. The van der Waals surface area contributed by atoms with E-state index < -0.39 is 4.92 Å². The molecule has 1 rings (SSSR count). The van der Waals surface area contributed by atoms with Gasteiger partial charge in [-0.1, -0.05) is 0 Å². The van der Waals surface area contributed by atoms with E-state index in [1.807, 2.05) is 20.8 Å². The Bertz CT molecular complexity index is 459. The molecule has 20 heavy (non-hydrogen) atoms. The molecule has 0 fully saturated rings. The molecule has 8 nitrogen and oxygen atoms in total. The van der Waals surface area contributed by atoms with Crippen LogP contribution in [-0.2, 0) is 4.74 Å². The first-order valence-corrected chi connectivity index (χ1v) is 6.35. The van der Waals surface area contributed by atoms with Crippen molar-refractivity contribution >= 4 is 17.3 Å². The van der Waals surface area contributed by atoms with Crippen molar-refractivity contribution in [2.45, 2.75) is 32.7 Å². The van der Waals surface area contributed by atoms with Crippen molar-refractivity contribution in [2.24, 2.45) is 0 Å². The van der Waals surface area contributed by atoms with Crippen molar-refractivity contribution in [3.05, 3.63) is 16.4 Å². The number of hydrogen-bond donors (Lipinski definition) is 2. The van der Waals surface area contributed by atoms with Crippen LogP contribution in [0.2, 0.25) is 0 Å². The molecule has 1 aromatic rings. The molecule has 0 radical (unpaired) electrons. The normalized spacial score (nSPS) is 11.2. The van der Waals surface area contributed by atoms with E-state index in [4.69, 9.17) is 4.74 Å². The van der Waals surface area contributed by atoms with Crippen LogP contribution in [0.25, 0.3) is 0 Å². The fraction of sp³-hybridized carbons (Fsp3) is 0.667. The van der Waals surface area contributed by atoms with Gasteiger partial charge in [0, 0.05) is 25.8 Å². The third kappa shape index (κ3) is 4.96. The molecule has 0 bridgehead atoms. The maximum Gasteiger partial charge on any atom is 0.353 e. The van der Waals surface area contributed by atoms with Crippen molar-refractivity contribution in [1.82, 2.24) is 9.97 Å². The Labute approximate surface area is 118 Å². The summed E-state index contributed by atoms with van der Waals surface area (Å²) in [5.41, 5.74) is -0.466. The standard InChI is InChI=1S/C12H21N5O3/c1-12(2,3)16-11-9(17(18)19)10(14-8-15-11)13-6-5-7-20-4/h8H,5-7H2,1-4H3,(H2,13,14,15,16). The first-order valence-electron chi connectivity index (χ1n) is 6.35. The summed E-state index contributed by atoms with van der Waals surface area (Å²) < 4.78 is 4.93. The van der Waals surface area contributed by atoms with E-state index in [0.717, 1.165) is 6.42 Å². The van der Waals surface area contributed by atoms with Gasteiger partial charge in [0.15, 0.2) is 0 Å². The molecule has 0 saturated heterocycles. The lowest BCUT2D eigenvalue weighted by Crippen LogP contribution is -2.27. The molecule has 0 unspecified atom stereocenters. The van der Waals surface area contributed by atoms with Crippen molar-refractivity contribution in [1.29, 1.82) is 0 Å². The third-order valence-electron chi connectivity index (χ3n) is 2.32. The van der Waals surface area contributed by atoms with Gasteiger partial charge >= 0.3 is 5.69 Å². The molecule has 0 aliphatic carbocycles. The predicted octanol–water partition coefficient (Wildman–Crippen LogP) is 2.04. The molecule has 1 heterocycles. The van der Waals surface area contributed by atoms with Crippen molar-refractivity contribution in [2.75, 3.05) is 30.9 Å². The maximum atomic E-state index is 11.2. The van der Waals surface area contributed by atoms with Gasteiger partial charge in [0.2, 0.25) is 11.6 Å². The maximum absolute atomic E-state index is 11.2. The second-order valence-electron chi connectivity index (χ2n) is 5.32. The van der Waals surface area contributed by atoms with E-state index in [2.05, 4.69) is 20.6 Å². The van der Waals surface area contributed by atoms with Crippen molar-refractivity contribution in [3.8, 4) is 0 Å². The van der Waals surface area contributed by atoms with Crippen LogP contribution >= 0.6 is 0 Å². The van der Waals surface area contributed by atoms with Gasteiger partial charge in [-0.15, -0.1) is 0 Å².